The Morgan fingerprint density at radius 3 is 2.71 bits per heavy atom. The summed E-state index contributed by atoms with van der Waals surface area (Å²) < 4.78 is 28.0. The average Bonchev–Trinajstić information content (AvgIpc) is 2.87. The molecule has 114 valence electrons. The van der Waals surface area contributed by atoms with Crippen molar-refractivity contribution in [2.24, 2.45) is 0 Å². The molecule has 1 unspecified atom stereocenters. The molecule has 2 rings (SSSR count). The van der Waals surface area contributed by atoms with Crippen LogP contribution >= 0.6 is 0 Å². The molecule has 0 bridgehead atoms. The molecule has 7 heteroatoms. The maximum absolute atomic E-state index is 11.4. The molecule has 1 atom stereocenters. The van der Waals surface area contributed by atoms with Gasteiger partial charge in [-0.15, -0.1) is 0 Å². The highest BCUT2D eigenvalue weighted by Gasteiger charge is 2.22. The van der Waals surface area contributed by atoms with E-state index in [2.05, 4.69) is 15.5 Å². The zero-order chi connectivity index (χ0) is 15.5. The molecule has 1 aromatic carbocycles. The number of benzene rings is 1. The van der Waals surface area contributed by atoms with E-state index in [1.54, 1.807) is 6.92 Å². The van der Waals surface area contributed by atoms with Crippen molar-refractivity contribution < 1.29 is 12.9 Å². The number of aryl methyl sites for hydroxylation is 1. The molecule has 1 aromatic heterocycles. The van der Waals surface area contributed by atoms with E-state index in [1.165, 1.54) is 0 Å². The topological polar surface area (TPSA) is 85.1 Å². The van der Waals surface area contributed by atoms with Crippen molar-refractivity contribution in [3.05, 3.63) is 41.5 Å². The highest BCUT2D eigenvalue weighted by Crippen LogP contribution is 2.18. The maximum atomic E-state index is 11.4. The van der Waals surface area contributed by atoms with Gasteiger partial charge in [-0.05, 0) is 25.5 Å². The van der Waals surface area contributed by atoms with E-state index in [0.29, 0.717) is 18.9 Å². The summed E-state index contributed by atoms with van der Waals surface area (Å²) in [5, 5.41) is 6.27. The predicted octanol–water partition coefficient (Wildman–Crippen LogP) is 2.14. The normalized spacial score (nSPS) is 13.1. The van der Waals surface area contributed by atoms with Crippen LogP contribution in [-0.2, 0) is 16.3 Å². The third-order valence-corrected chi connectivity index (χ3v) is 4.78. The Balaban J connectivity index is 1.93. The number of sulfone groups is 1. The SMILES string of the molecule is Cc1ccccc1NCCc1nc(C(C)S(C)(=O)=O)no1. The Kier molecular flexibility index (Phi) is 4.62. The van der Waals surface area contributed by atoms with Gasteiger partial charge < -0.3 is 9.84 Å². The standard InChI is InChI=1S/C14H19N3O3S/c1-10-6-4-5-7-12(10)15-9-8-13-16-14(17-20-13)11(2)21(3,18)19/h4-7,11,15H,8-9H2,1-3H3. The molecule has 0 aliphatic rings. The van der Waals surface area contributed by atoms with Gasteiger partial charge in [0, 0.05) is 24.9 Å². The average molecular weight is 309 g/mol. The summed E-state index contributed by atoms with van der Waals surface area (Å²) >= 11 is 0. The van der Waals surface area contributed by atoms with Crippen molar-refractivity contribution in [3.8, 4) is 0 Å². The summed E-state index contributed by atoms with van der Waals surface area (Å²) in [7, 11) is -3.21. The van der Waals surface area contributed by atoms with Crippen LogP contribution in [-0.4, -0.2) is 31.4 Å². The molecule has 1 heterocycles. The molecular formula is C14H19N3O3S. The summed E-state index contributed by atoms with van der Waals surface area (Å²) in [5.74, 6) is 0.643. The number of aromatic nitrogens is 2. The van der Waals surface area contributed by atoms with Gasteiger partial charge in [-0.1, -0.05) is 23.4 Å². The van der Waals surface area contributed by atoms with E-state index in [0.717, 1.165) is 17.5 Å². The minimum atomic E-state index is -3.21. The lowest BCUT2D eigenvalue weighted by Crippen LogP contribution is -2.10. The van der Waals surface area contributed by atoms with E-state index in [-0.39, 0.29) is 5.82 Å². The Morgan fingerprint density at radius 1 is 1.33 bits per heavy atom. The Labute approximate surface area is 124 Å². The Morgan fingerprint density at radius 2 is 2.05 bits per heavy atom. The van der Waals surface area contributed by atoms with Crippen LogP contribution in [0.25, 0.3) is 0 Å². The number of anilines is 1. The van der Waals surface area contributed by atoms with E-state index in [1.807, 2.05) is 31.2 Å². The van der Waals surface area contributed by atoms with Crippen molar-refractivity contribution in [1.82, 2.24) is 10.1 Å². The molecule has 0 saturated heterocycles. The van der Waals surface area contributed by atoms with Crippen LogP contribution in [0.5, 0.6) is 0 Å². The third kappa shape index (κ3) is 4.04. The third-order valence-electron chi connectivity index (χ3n) is 3.29. The van der Waals surface area contributed by atoms with Gasteiger partial charge in [0.25, 0.3) is 0 Å². The molecule has 6 nitrogen and oxygen atoms in total. The van der Waals surface area contributed by atoms with Crippen LogP contribution in [0.3, 0.4) is 0 Å². The molecule has 0 saturated carbocycles. The number of rotatable bonds is 6. The lowest BCUT2D eigenvalue weighted by molar-refractivity contribution is 0.375. The summed E-state index contributed by atoms with van der Waals surface area (Å²) in [4.78, 5) is 4.13. The van der Waals surface area contributed by atoms with Crippen molar-refractivity contribution in [1.29, 1.82) is 0 Å². The first-order valence-corrected chi connectivity index (χ1v) is 8.64. The largest absolute Gasteiger partial charge is 0.384 e. The zero-order valence-corrected chi connectivity index (χ0v) is 13.1. The molecule has 0 radical (unpaired) electrons. The minimum Gasteiger partial charge on any atom is -0.384 e. The number of nitrogens with one attached hydrogen (secondary N) is 1. The van der Waals surface area contributed by atoms with Crippen molar-refractivity contribution in [2.75, 3.05) is 18.1 Å². The number of hydrogen-bond donors (Lipinski definition) is 1. The van der Waals surface area contributed by atoms with Crippen molar-refractivity contribution in [3.63, 3.8) is 0 Å². The number of hydrogen-bond acceptors (Lipinski definition) is 6. The smallest absolute Gasteiger partial charge is 0.228 e. The minimum absolute atomic E-state index is 0.211. The molecule has 0 amide bonds. The lowest BCUT2D eigenvalue weighted by Gasteiger charge is -2.07. The second-order valence-electron chi connectivity index (χ2n) is 5.01. The van der Waals surface area contributed by atoms with Gasteiger partial charge in [-0.2, -0.15) is 4.98 Å². The maximum Gasteiger partial charge on any atom is 0.228 e. The lowest BCUT2D eigenvalue weighted by atomic mass is 10.2. The Bertz CT molecular complexity index is 710. The van der Waals surface area contributed by atoms with Crippen LogP contribution in [0.15, 0.2) is 28.8 Å². The Hall–Kier alpha value is -1.89. The quantitative estimate of drug-likeness (QED) is 0.880. The van der Waals surface area contributed by atoms with Gasteiger partial charge in [0.05, 0.1) is 0 Å². The highest BCUT2D eigenvalue weighted by molar-refractivity contribution is 7.90. The fourth-order valence-corrected chi connectivity index (χ4v) is 2.28. The van der Waals surface area contributed by atoms with E-state index in [4.69, 9.17) is 4.52 Å². The fraction of sp³-hybridized carbons (Fsp3) is 0.429. The van der Waals surface area contributed by atoms with Gasteiger partial charge in [0.2, 0.25) is 5.89 Å². The monoisotopic (exact) mass is 309 g/mol. The first-order valence-electron chi connectivity index (χ1n) is 6.69. The predicted molar refractivity (Wildman–Crippen MR) is 80.9 cm³/mol. The van der Waals surface area contributed by atoms with E-state index >= 15 is 0 Å². The van der Waals surface area contributed by atoms with Crippen LogP contribution in [0.2, 0.25) is 0 Å². The van der Waals surface area contributed by atoms with Gasteiger partial charge in [0.15, 0.2) is 15.7 Å². The summed E-state index contributed by atoms with van der Waals surface area (Å²) in [6, 6.07) is 7.98. The first-order chi connectivity index (χ1) is 9.88. The highest BCUT2D eigenvalue weighted by atomic mass is 32.2. The second kappa shape index (κ2) is 6.26. The van der Waals surface area contributed by atoms with Crippen LogP contribution in [0.4, 0.5) is 5.69 Å². The summed E-state index contributed by atoms with van der Waals surface area (Å²) in [6.07, 6.45) is 1.70. The first kappa shape index (κ1) is 15.5. The van der Waals surface area contributed by atoms with Gasteiger partial charge >= 0.3 is 0 Å². The van der Waals surface area contributed by atoms with Crippen LogP contribution < -0.4 is 5.32 Å². The van der Waals surface area contributed by atoms with E-state index < -0.39 is 15.1 Å². The fourth-order valence-electron chi connectivity index (χ4n) is 1.80. The number of para-hydroxylation sites is 1. The van der Waals surface area contributed by atoms with Crippen LogP contribution in [0, 0.1) is 6.92 Å². The molecule has 0 aliphatic heterocycles. The molecule has 1 N–H and O–H groups in total. The van der Waals surface area contributed by atoms with Gasteiger partial charge in [-0.3, -0.25) is 0 Å². The summed E-state index contributed by atoms with van der Waals surface area (Å²) in [6.45, 7) is 4.22. The van der Waals surface area contributed by atoms with Gasteiger partial charge in [0.1, 0.15) is 5.25 Å². The molecule has 0 aliphatic carbocycles. The van der Waals surface area contributed by atoms with Gasteiger partial charge in [-0.25, -0.2) is 8.42 Å². The van der Waals surface area contributed by atoms with E-state index in [9.17, 15) is 8.42 Å². The molecule has 0 spiro atoms. The molecule has 21 heavy (non-hydrogen) atoms. The molecular weight excluding hydrogens is 290 g/mol. The second-order valence-corrected chi connectivity index (χ2v) is 7.38. The van der Waals surface area contributed by atoms with Crippen molar-refractivity contribution in [2.45, 2.75) is 25.5 Å². The summed E-state index contributed by atoms with van der Waals surface area (Å²) in [5.41, 5.74) is 2.22. The number of nitrogens with zero attached hydrogens (tertiary/aromatic N) is 2. The van der Waals surface area contributed by atoms with Crippen molar-refractivity contribution >= 4 is 15.5 Å². The van der Waals surface area contributed by atoms with Crippen LogP contribution in [0.1, 0.15) is 29.5 Å². The molecule has 0 fully saturated rings. The zero-order valence-electron chi connectivity index (χ0n) is 12.3. The molecule has 2 aromatic rings.